The van der Waals surface area contributed by atoms with Crippen molar-refractivity contribution in [2.75, 3.05) is 5.75 Å². The molecule has 6 rings (SSSR count). The lowest BCUT2D eigenvalue weighted by atomic mass is 10.0. The molecule has 1 aliphatic heterocycles. The molecule has 5 aromatic rings. The summed E-state index contributed by atoms with van der Waals surface area (Å²) in [4.78, 5) is 13.6. The highest BCUT2D eigenvalue weighted by atomic mass is 32.2. The van der Waals surface area contributed by atoms with E-state index in [1.807, 2.05) is 91.9 Å². The second-order valence-corrected chi connectivity index (χ2v) is 15.4. The van der Waals surface area contributed by atoms with E-state index in [-0.39, 0.29) is 36.7 Å². The number of aromatic nitrogens is 1. The first-order valence-corrected chi connectivity index (χ1v) is 19.4. The Morgan fingerprint density at radius 2 is 1.54 bits per heavy atom. The molecule has 3 N–H and O–H groups in total. The molecular formula is C40H41N3O7S2. The molecule has 1 saturated heterocycles. The van der Waals surface area contributed by atoms with Gasteiger partial charge in [0.1, 0.15) is 6.04 Å². The Morgan fingerprint density at radius 1 is 0.865 bits per heavy atom. The van der Waals surface area contributed by atoms with Crippen molar-refractivity contribution in [3.05, 3.63) is 166 Å². The van der Waals surface area contributed by atoms with Crippen LogP contribution < -0.4 is 14.8 Å². The lowest BCUT2D eigenvalue weighted by Crippen LogP contribution is -2.47. The van der Waals surface area contributed by atoms with Gasteiger partial charge in [0, 0.05) is 36.4 Å². The van der Waals surface area contributed by atoms with Crippen LogP contribution in [0.25, 0.3) is 0 Å². The van der Waals surface area contributed by atoms with Crippen molar-refractivity contribution in [3.8, 4) is 0 Å². The van der Waals surface area contributed by atoms with Crippen LogP contribution in [0.3, 0.4) is 0 Å². The minimum atomic E-state index is -3.97. The van der Waals surface area contributed by atoms with E-state index in [0.29, 0.717) is 17.2 Å². The molecule has 10 nitrogen and oxygen atoms in total. The van der Waals surface area contributed by atoms with E-state index in [4.69, 9.17) is 9.47 Å². The fourth-order valence-corrected chi connectivity index (χ4v) is 7.97. The van der Waals surface area contributed by atoms with Gasteiger partial charge in [-0.1, -0.05) is 108 Å². The largest absolute Gasteiger partial charge is 0.618 e. The molecule has 2 heterocycles. The van der Waals surface area contributed by atoms with Gasteiger partial charge >= 0.3 is 0 Å². The summed E-state index contributed by atoms with van der Waals surface area (Å²) in [5.41, 5.74) is 5.11. The first kappa shape index (κ1) is 37.2. The standard InChI is InChI=1S/C40H41N3O7S2/c1-28-10-20-35(21-11-28)52(47,48)42-36(23-29-7-3-2-4-8-29)39(45)41-25-30-12-18-33(19-13-30)40-49-34(27-51-38-9-5-6-22-43(38)46)24-37(50-40)32-16-14-31(26-44)15-17-32/h2-22,34,36-37,40,42,44H,23-27H2,1H3,(H,41,45). The number of benzene rings is 4. The molecule has 1 aliphatic rings. The van der Waals surface area contributed by atoms with Gasteiger partial charge in [-0.2, -0.15) is 9.45 Å². The van der Waals surface area contributed by atoms with Gasteiger partial charge in [-0.3, -0.25) is 4.79 Å². The summed E-state index contributed by atoms with van der Waals surface area (Å²) >= 11 is 1.42. The van der Waals surface area contributed by atoms with E-state index in [2.05, 4.69) is 10.0 Å². The molecular weight excluding hydrogens is 699 g/mol. The number of pyridine rings is 1. The minimum Gasteiger partial charge on any atom is -0.618 e. The van der Waals surface area contributed by atoms with E-state index in [0.717, 1.165) is 38.1 Å². The van der Waals surface area contributed by atoms with E-state index >= 15 is 0 Å². The van der Waals surface area contributed by atoms with Gasteiger partial charge in [0.2, 0.25) is 15.9 Å². The first-order chi connectivity index (χ1) is 25.2. The van der Waals surface area contributed by atoms with Crippen molar-refractivity contribution in [2.24, 2.45) is 0 Å². The second kappa shape index (κ2) is 17.3. The van der Waals surface area contributed by atoms with E-state index in [1.165, 1.54) is 30.1 Å². The van der Waals surface area contributed by atoms with Crippen molar-refractivity contribution in [1.82, 2.24) is 10.0 Å². The number of nitrogens with zero attached hydrogens (tertiary/aromatic N) is 1. The first-order valence-electron chi connectivity index (χ1n) is 17.0. The number of rotatable bonds is 14. The van der Waals surface area contributed by atoms with Gasteiger partial charge in [0.25, 0.3) is 5.03 Å². The summed E-state index contributed by atoms with van der Waals surface area (Å²) in [7, 11) is -3.97. The fraction of sp³-hybridized carbons (Fsp3) is 0.250. The van der Waals surface area contributed by atoms with Crippen molar-refractivity contribution >= 4 is 27.7 Å². The minimum absolute atomic E-state index is 0.0490. The molecule has 1 amide bonds. The summed E-state index contributed by atoms with van der Waals surface area (Å²) in [6.45, 7) is 2.00. The number of carbonyl (C=O) groups is 1. The molecule has 4 aromatic carbocycles. The summed E-state index contributed by atoms with van der Waals surface area (Å²) in [5, 5.41) is 25.3. The number of ether oxygens (including phenoxy) is 2. The average Bonchev–Trinajstić information content (AvgIpc) is 3.17. The van der Waals surface area contributed by atoms with Crippen LogP contribution >= 0.6 is 11.8 Å². The Balaban J connectivity index is 1.14. The maximum Gasteiger partial charge on any atom is 0.251 e. The fourth-order valence-electron chi connectivity index (χ4n) is 5.84. The smallest absolute Gasteiger partial charge is 0.251 e. The van der Waals surface area contributed by atoms with Crippen molar-refractivity contribution < 1.29 is 32.5 Å². The van der Waals surface area contributed by atoms with E-state index in [9.17, 15) is 23.5 Å². The van der Waals surface area contributed by atoms with Crippen LogP contribution in [0.5, 0.6) is 0 Å². The molecule has 12 heteroatoms. The molecule has 4 unspecified atom stereocenters. The van der Waals surface area contributed by atoms with Gasteiger partial charge in [-0.25, -0.2) is 8.42 Å². The highest BCUT2D eigenvalue weighted by Crippen LogP contribution is 2.39. The zero-order chi connectivity index (χ0) is 36.5. The molecule has 270 valence electrons. The predicted molar refractivity (Wildman–Crippen MR) is 198 cm³/mol. The normalized spacial score (nSPS) is 18.1. The molecule has 1 fully saturated rings. The maximum atomic E-state index is 13.5. The zero-order valence-electron chi connectivity index (χ0n) is 28.6. The number of nitrogens with one attached hydrogen (secondary N) is 2. The maximum absolute atomic E-state index is 13.5. The van der Waals surface area contributed by atoms with Gasteiger partial charge in [-0.05, 0) is 53.8 Å². The van der Waals surface area contributed by atoms with Gasteiger partial charge in [0.15, 0.2) is 12.5 Å². The van der Waals surface area contributed by atoms with Crippen molar-refractivity contribution in [3.63, 3.8) is 0 Å². The summed E-state index contributed by atoms with van der Waals surface area (Å²) in [5.74, 6) is 0.0926. The predicted octanol–water partition coefficient (Wildman–Crippen LogP) is 5.66. The molecule has 4 atom stereocenters. The second-order valence-electron chi connectivity index (χ2n) is 12.7. The van der Waals surface area contributed by atoms with Crippen LogP contribution in [0, 0.1) is 12.1 Å². The number of amides is 1. The number of aliphatic hydroxyl groups excluding tert-OH is 1. The lowest BCUT2D eigenvalue weighted by Gasteiger charge is -2.36. The Kier molecular flexibility index (Phi) is 12.4. The number of hydrogen-bond donors (Lipinski definition) is 3. The lowest BCUT2D eigenvalue weighted by molar-refractivity contribution is -0.645. The molecule has 0 aliphatic carbocycles. The van der Waals surface area contributed by atoms with Crippen LogP contribution in [-0.2, 0) is 43.9 Å². The average molecular weight is 740 g/mol. The molecule has 0 spiro atoms. The zero-order valence-corrected chi connectivity index (χ0v) is 30.3. The van der Waals surface area contributed by atoms with E-state index < -0.39 is 28.3 Å². The SMILES string of the molecule is Cc1ccc(S(=O)(=O)NC(Cc2ccccc2)C(=O)NCc2ccc(C3OC(CSc4cccc[n+]4[O-])CC(c4ccc(CO)cc4)O3)cc2)cc1. The molecule has 0 bridgehead atoms. The van der Waals surface area contributed by atoms with Gasteiger partial charge in [-0.15, -0.1) is 0 Å². The highest BCUT2D eigenvalue weighted by molar-refractivity contribution is 7.99. The van der Waals surface area contributed by atoms with Crippen LogP contribution in [-0.4, -0.2) is 37.3 Å². The third-order valence-electron chi connectivity index (χ3n) is 8.77. The summed E-state index contributed by atoms with van der Waals surface area (Å²) in [6, 6.07) is 35.2. The topological polar surface area (TPSA) is 141 Å². The number of sulfonamides is 1. The van der Waals surface area contributed by atoms with Crippen LogP contribution in [0.2, 0.25) is 0 Å². The van der Waals surface area contributed by atoms with Gasteiger partial charge < -0.3 is 25.1 Å². The third-order valence-corrected chi connectivity index (χ3v) is 11.4. The number of carbonyl (C=O) groups excluding carboxylic acids is 1. The molecule has 1 aromatic heterocycles. The molecule has 0 saturated carbocycles. The van der Waals surface area contributed by atoms with Crippen molar-refractivity contribution in [2.45, 2.75) is 67.4 Å². The number of aryl methyl sites for hydroxylation is 1. The number of thioether (sulfide) groups is 1. The summed E-state index contributed by atoms with van der Waals surface area (Å²) in [6.07, 6.45) is 1.03. The highest BCUT2D eigenvalue weighted by Gasteiger charge is 2.33. The number of hydrogen-bond acceptors (Lipinski definition) is 8. The quantitative estimate of drug-likeness (QED) is 0.0753. The third kappa shape index (κ3) is 9.85. The Hall–Kier alpha value is -4.56. The Labute approximate surface area is 308 Å². The van der Waals surface area contributed by atoms with Crippen LogP contribution in [0.1, 0.15) is 52.2 Å². The van der Waals surface area contributed by atoms with Crippen LogP contribution in [0.15, 0.2) is 137 Å². The van der Waals surface area contributed by atoms with Crippen molar-refractivity contribution in [1.29, 1.82) is 0 Å². The van der Waals surface area contributed by atoms with E-state index in [1.54, 1.807) is 24.3 Å². The number of aliphatic hydroxyl groups is 1. The monoisotopic (exact) mass is 739 g/mol. The Morgan fingerprint density at radius 3 is 2.23 bits per heavy atom. The Bertz CT molecular complexity index is 2030. The molecule has 0 radical (unpaired) electrons. The van der Waals surface area contributed by atoms with Gasteiger partial charge in [0.05, 0.1) is 23.7 Å². The molecule has 52 heavy (non-hydrogen) atoms. The van der Waals surface area contributed by atoms with Crippen LogP contribution in [0.4, 0.5) is 0 Å². The summed E-state index contributed by atoms with van der Waals surface area (Å²) < 4.78 is 42.9.